The molecule has 132 valence electrons. The first-order valence-corrected chi connectivity index (χ1v) is 8.59. The fourth-order valence-corrected chi connectivity index (χ4v) is 2.98. The minimum Gasteiger partial charge on any atom is -0.497 e. The molecule has 1 aromatic heterocycles. The van der Waals surface area contributed by atoms with Gasteiger partial charge in [-0.1, -0.05) is 0 Å². The molecule has 1 saturated carbocycles. The van der Waals surface area contributed by atoms with Crippen LogP contribution in [0, 0.1) is 12.8 Å². The highest BCUT2D eigenvalue weighted by Crippen LogP contribution is 2.32. The van der Waals surface area contributed by atoms with E-state index in [2.05, 4.69) is 5.32 Å². The molecule has 0 unspecified atom stereocenters. The second kappa shape index (κ2) is 6.33. The molecule has 5 nitrogen and oxygen atoms in total. The summed E-state index contributed by atoms with van der Waals surface area (Å²) in [5, 5.41) is 3.76. The number of fused-ring (bicyclic) bond motifs is 1. The molecule has 1 heterocycles. The number of ether oxygens (including phenoxy) is 1. The van der Waals surface area contributed by atoms with E-state index in [0.717, 1.165) is 29.5 Å². The Morgan fingerprint density at radius 3 is 2.50 bits per heavy atom. The van der Waals surface area contributed by atoms with Gasteiger partial charge in [-0.15, -0.1) is 0 Å². The zero-order chi connectivity index (χ0) is 18.3. The number of methoxy groups -OCH3 is 1. The first kappa shape index (κ1) is 16.4. The summed E-state index contributed by atoms with van der Waals surface area (Å²) in [6.45, 7) is 1.86. The van der Waals surface area contributed by atoms with Gasteiger partial charge in [0.25, 0.3) is 0 Å². The van der Waals surface area contributed by atoms with E-state index in [9.17, 15) is 9.59 Å². The molecule has 0 atom stereocenters. The van der Waals surface area contributed by atoms with Crippen LogP contribution in [0.4, 0.5) is 5.69 Å². The van der Waals surface area contributed by atoms with Gasteiger partial charge in [-0.3, -0.25) is 9.59 Å². The average Bonchev–Trinajstić information content (AvgIpc) is 3.47. The molecule has 0 saturated heterocycles. The molecule has 1 amide bonds. The number of carbonyl (C=O) groups excluding carboxylic acids is 2. The van der Waals surface area contributed by atoms with Crippen LogP contribution < -0.4 is 10.1 Å². The molecule has 1 fully saturated rings. The van der Waals surface area contributed by atoms with E-state index >= 15 is 0 Å². The smallest absolute Gasteiger partial charge is 0.228 e. The van der Waals surface area contributed by atoms with Crippen LogP contribution in [0.5, 0.6) is 5.75 Å². The van der Waals surface area contributed by atoms with Crippen molar-refractivity contribution in [2.45, 2.75) is 19.8 Å². The van der Waals surface area contributed by atoms with Crippen LogP contribution in [0.2, 0.25) is 0 Å². The van der Waals surface area contributed by atoms with Gasteiger partial charge in [-0.25, -0.2) is 0 Å². The van der Waals surface area contributed by atoms with Crippen LogP contribution in [0.3, 0.4) is 0 Å². The molecule has 1 N–H and O–H groups in total. The topological polar surface area (TPSA) is 68.5 Å². The van der Waals surface area contributed by atoms with Gasteiger partial charge < -0.3 is 14.5 Å². The molecule has 3 aromatic rings. The van der Waals surface area contributed by atoms with Gasteiger partial charge in [0.05, 0.1) is 7.11 Å². The molecule has 4 rings (SSSR count). The van der Waals surface area contributed by atoms with Gasteiger partial charge in [0.1, 0.15) is 11.3 Å². The summed E-state index contributed by atoms with van der Waals surface area (Å²) in [6.07, 6.45) is 1.92. The van der Waals surface area contributed by atoms with E-state index in [1.165, 1.54) is 0 Å². The van der Waals surface area contributed by atoms with E-state index in [1.807, 2.05) is 13.0 Å². The van der Waals surface area contributed by atoms with Gasteiger partial charge in [0.15, 0.2) is 5.76 Å². The lowest BCUT2D eigenvalue weighted by molar-refractivity contribution is -0.117. The number of nitrogens with one attached hydrogen (secondary N) is 1. The molecule has 0 bridgehead atoms. The number of hydrogen-bond donors (Lipinski definition) is 1. The average molecular weight is 349 g/mol. The van der Waals surface area contributed by atoms with E-state index in [4.69, 9.17) is 9.15 Å². The van der Waals surface area contributed by atoms with E-state index in [1.54, 1.807) is 43.5 Å². The molecule has 0 aliphatic heterocycles. The molecule has 1 aliphatic carbocycles. The summed E-state index contributed by atoms with van der Waals surface area (Å²) in [4.78, 5) is 24.7. The number of aryl methyl sites for hydroxylation is 1. The maximum atomic E-state index is 12.8. The summed E-state index contributed by atoms with van der Waals surface area (Å²) in [7, 11) is 1.58. The zero-order valence-corrected chi connectivity index (χ0v) is 14.7. The predicted molar refractivity (Wildman–Crippen MR) is 98.7 cm³/mol. The van der Waals surface area contributed by atoms with Crippen molar-refractivity contribution in [1.29, 1.82) is 0 Å². The van der Waals surface area contributed by atoms with E-state index < -0.39 is 0 Å². The first-order valence-electron chi connectivity index (χ1n) is 8.59. The Morgan fingerprint density at radius 1 is 1.12 bits per heavy atom. The normalized spacial score (nSPS) is 13.6. The second-order valence-electron chi connectivity index (χ2n) is 6.59. The minimum atomic E-state index is -0.176. The van der Waals surface area contributed by atoms with Gasteiger partial charge in [0, 0.05) is 28.1 Å². The van der Waals surface area contributed by atoms with Crippen LogP contribution in [-0.2, 0) is 4.79 Å². The van der Waals surface area contributed by atoms with Crippen molar-refractivity contribution >= 4 is 28.3 Å². The summed E-state index contributed by atoms with van der Waals surface area (Å²) in [5.41, 5.74) is 2.66. The number of furan rings is 1. The number of hydrogen-bond acceptors (Lipinski definition) is 4. The number of amides is 1. The van der Waals surface area contributed by atoms with Crippen molar-refractivity contribution in [3.63, 3.8) is 0 Å². The van der Waals surface area contributed by atoms with Crippen molar-refractivity contribution in [2.24, 2.45) is 5.92 Å². The number of rotatable bonds is 5. The Labute approximate surface area is 150 Å². The highest BCUT2D eigenvalue weighted by molar-refractivity contribution is 6.11. The number of anilines is 1. The summed E-state index contributed by atoms with van der Waals surface area (Å²) < 4.78 is 10.9. The number of ketones is 1. The molecular weight excluding hydrogens is 330 g/mol. The summed E-state index contributed by atoms with van der Waals surface area (Å²) in [6, 6.07) is 12.4. The predicted octanol–water partition coefficient (Wildman–Crippen LogP) is 4.33. The molecule has 2 aromatic carbocycles. The van der Waals surface area contributed by atoms with Crippen molar-refractivity contribution in [3.8, 4) is 5.75 Å². The minimum absolute atomic E-state index is 0.0556. The second-order valence-corrected chi connectivity index (χ2v) is 6.59. The standard InChI is InChI=1S/C21H19NO4/c1-12-17-11-15(22-21(24)14-3-4-14)7-10-18(17)26-20(12)19(23)13-5-8-16(25-2)9-6-13/h5-11,14H,3-4H2,1-2H3,(H,22,24). The Bertz CT molecular complexity index is 997. The first-order chi connectivity index (χ1) is 12.6. The Morgan fingerprint density at radius 2 is 1.85 bits per heavy atom. The summed E-state index contributed by atoms with van der Waals surface area (Å²) in [5.74, 6) is 1.03. The van der Waals surface area contributed by atoms with Crippen LogP contribution in [0.15, 0.2) is 46.9 Å². The lowest BCUT2D eigenvalue weighted by Crippen LogP contribution is -2.12. The highest BCUT2D eigenvalue weighted by atomic mass is 16.5. The Kier molecular flexibility index (Phi) is 3.99. The van der Waals surface area contributed by atoms with E-state index in [-0.39, 0.29) is 17.6 Å². The van der Waals surface area contributed by atoms with Crippen LogP contribution in [-0.4, -0.2) is 18.8 Å². The van der Waals surface area contributed by atoms with Gasteiger partial charge in [-0.2, -0.15) is 0 Å². The maximum absolute atomic E-state index is 12.8. The lowest BCUT2D eigenvalue weighted by Gasteiger charge is -2.03. The maximum Gasteiger partial charge on any atom is 0.228 e. The monoisotopic (exact) mass is 349 g/mol. The third-order valence-electron chi connectivity index (χ3n) is 4.71. The molecule has 5 heteroatoms. The third-order valence-corrected chi connectivity index (χ3v) is 4.71. The number of benzene rings is 2. The van der Waals surface area contributed by atoms with Crippen molar-refractivity contribution < 1.29 is 18.7 Å². The van der Waals surface area contributed by atoms with Crippen LogP contribution >= 0.6 is 0 Å². The highest BCUT2D eigenvalue weighted by Gasteiger charge is 2.29. The fourth-order valence-electron chi connectivity index (χ4n) is 2.98. The van der Waals surface area contributed by atoms with Crippen molar-refractivity contribution in [1.82, 2.24) is 0 Å². The van der Waals surface area contributed by atoms with Crippen LogP contribution in [0.25, 0.3) is 11.0 Å². The Hall–Kier alpha value is -3.08. The van der Waals surface area contributed by atoms with Crippen LogP contribution in [0.1, 0.15) is 34.5 Å². The number of carbonyl (C=O) groups is 2. The zero-order valence-electron chi connectivity index (χ0n) is 14.7. The molecule has 0 spiro atoms. The molecule has 0 radical (unpaired) electrons. The third kappa shape index (κ3) is 2.96. The van der Waals surface area contributed by atoms with Crippen molar-refractivity contribution in [3.05, 3.63) is 59.4 Å². The molecule has 26 heavy (non-hydrogen) atoms. The van der Waals surface area contributed by atoms with E-state index in [0.29, 0.717) is 22.7 Å². The SMILES string of the molecule is COc1ccc(C(=O)c2oc3ccc(NC(=O)C4CC4)cc3c2C)cc1. The van der Waals surface area contributed by atoms with Gasteiger partial charge in [-0.05, 0) is 62.2 Å². The lowest BCUT2D eigenvalue weighted by atomic mass is 10.0. The largest absolute Gasteiger partial charge is 0.497 e. The van der Waals surface area contributed by atoms with Gasteiger partial charge >= 0.3 is 0 Å². The summed E-state index contributed by atoms with van der Waals surface area (Å²) >= 11 is 0. The molecule has 1 aliphatic rings. The Balaban J connectivity index is 1.65. The quantitative estimate of drug-likeness (QED) is 0.696. The van der Waals surface area contributed by atoms with Gasteiger partial charge in [0.2, 0.25) is 11.7 Å². The molecular formula is C21H19NO4. The fraction of sp³-hybridized carbons (Fsp3) is 0.238. The van der Waals surface area contributed by atoms with Crippen molar-refractivity contribution in [2.75, 3.05) is 12.4 Å².